The predicted molar refractivity (Wildman–Crippen MR) is 91.1 cm³/mol. The predicted octanol–water partition coefficient (Wildman–Crippen LogP) is 3.84. The van der Waals surface area contributed by atoms with Gasteiger partial charge in [-0.15, -0.1) is 0 Å². The van der Waals surface area contributed by atoms with Crippen LogP contribution in [0.1, 0.15) is 23.2 Å². The number of aryl methyl sites for hydroxylation is 1. The number of alkyl halides is 2. The minimum atomic E-state index is -2.79. The molecule has 0 aliphatic carbocycles. The molecule has 2 rings (SSSR count). The molecule has 0 atom stereocenters. The zero-order valence-corrected chi connectivity index (χ0v) is 14.2. The van der Waals surface area contributed by atoms with Crippen molar-refractivity contribution in [3.63, 3.8) is 0 Å². The van der Waals surface area contributed by atoms with Crippen LogP contribution < -0.4 is 5.32 Å². The van der Waals surface area contributed by atoms with Crippen LogP contribution in [0.3, 0.4) is 0 Å². The molecule has 134 valence electrons. The summed E-state index contributed by atoms with van der Waals surface area (Å²) < 4.78 is 25.7. The molecule has 26 heavy (non-hydrogen) atoms. The molecule has 0 spiro atoms. The molecule has 0 saturated heterocycles. The number of pyridine rings is 1. The van der Waals surface area contributed by atoms with E-state index in [1.165, 1.54) is 31.2 Å². The van der Waals surface area contributed by atoms with Gasteiger partial charge in [0.1, 0.15) is 16.8 Å². The van der Waals surface area contributed by atoms with E-state index in [-0.39, 0.29) is 27.7 Å². The van der Waals surface area contributed by atoms with Gasteiger partial charge in [-0.2, -0.15) is 5.26 Å². The second-order valence-electron chi connectivity index (χ2n) is 5.10. The Kier molecular flexibility index (Phi) is 6.19. The Hall–Kier alpha value is -3.06. The van der Waals surface area contributed by atoms with E-state index in [1.807, 2.05) is 6.07 Å². The molecule has 0 aliphatic heterocycles. The van der Waals surface area contributed by atoms with Gasteiger partial charge in [-0.1, -0.05) is 17.8 Å². The number of nitrogens with zero attached hydrogens (tertiary/aromatic N) is 3. The lowest BCUT2D eigenvalue weighted by molar-refractivity contribution is -0.384. The number of non-ortho nitro benzene ring substituents is 1. The number of amides is 1. The fourth-order valence-corrected chi connectivity index (χ4v) is 2.91. The highest BCUT2D eigenvalue weighted by atomic mass is 32.2. The molecule has 2 aromatic rings. The Balaban J connectivity index is 2.11. The van der Waals surface area contributed by atoms with Crippen LogP contribution in [-0.2, 0) is 4.79 Å². The van der Waals surface area contributed by atoms with Gasteiger partial charge in [0.15, 0.2) is 0 Å². The molecule has 1 heterocycles. The minimum Gasteiger partial charge on any atom is -0.325 e. The molecule has 1 amide bonds. The molecular weight excluding hydrogens is 366 g/mol. The fraction of sp³-hybridized carbons (Fsp3) is 0.188. The number of aromatic nitrogens is 1. The SMILES string of the molecule is Cc1cc(C(F)F)nc(SCC(=O)Nc2cccc([N+](=O)[O-])c2)c1C#N. The van der Waals surface area contributed by atoms with Crippen LogP contribution in [0.25, 0.3) is 0 Å². The standard InChI is InChI=1S/C16H12F2N4O3S/c1-9-5-13(15(17)18)21-16(12(9)7-19)26-8-14(23)20-10-3-2-4-11(6-10)22(24)25/h2-6,15H,8H2,1H3,(H,20,23). The molecule has 1 aromatic carbocycles. The van der Waals surface area contributed by atoms with Crippen molar-refractivity contribution in [2.45, 2.75) is 18.4 Å². The quantitative estimate of drug-likeness (QED) is 0.465. The van der Waals surface area contributed by atoms with Crippen LogP contribution in [0, 0.1) is 28.4 Å². The Morgan fingerprint density at radius 3 is 2.81 bits per heavy atom. The number of carbonyl (C=O) groups is 1. The second kappa shape index (κ2) is 8.35. The van der Waals surface area contributed by atoms with Crippen LogP contribution in [0.15, 0.2) is 35.4 Å². The van der Waals surface area contributed by atoms with Gasteiger partial charge in [0.2, 0.25) is 5.91 Å². The number of benzene rings is 1. The zero-order valence-electron chi connectivity index (χ0n) is 13.4. The number of nitriles is 1. The molecule has 0 bridgehead atoms. The first kappa shape index (κ1) is 19.3. The number of rotatable bonds is 6. The van der Waals surface area contributed by atoms with E-state index in [1.54, 1.807) is 0 Å². The fourth-order valence-electron chi connectivity index (χ4n) is 2.05. The summed E-state index contributed by atoms with van der Waals surface area (Å²) >= 11 is 0.842. The molecule has 0 radical (unpaired) electrons. The smallest absolute Gasteiger partial charge is 0.280 e. The lowest BCUT2D eigenvalue weighted by atomic mass is 10.1. The van der Waals surface area contributed by atoms with E-state index in [0.717, 1.165) is 17.8 Å². The van der Waals surface area contributed by atoms with Crippen molar-refractivity contribution in [1.29, 1.82) is 5.26 Å². The van der Waals surface area contributed by atoms with Crippen molar-refractivity contribution >= 4 is 29.0 Å². The number of carbonyl (C=O) groups excluding carboxylic acids is 1. The maximum absolute atomic E-state index is 12.9. The maximum atomic E-state index is 12.9. The number of hydrogen-bond acceptors (Lipinski definition) is 6. The number of thioether (sulfide) groups is 1. The molecule has 10 heteroatoms. The van der Waals surface area contributed by atoms with Crippen molar-refractivity contribution < 1.29 is 18.5 Å². The van der Waals surface area contributed by atoms with E-state index >= 15 is 0 Å². The van der Waals surface area contributed by atoms with Crippen molar-refractivity contribution in [2.24, 2.45) is 0 Å². The summed E-state index contributed by atoms with van der Waals surface area (Å²) in [5.74, 6) is -0.711. The summed E-state index contributed by atoms with van der Waals surface area (Å²) in [7, 11) is 0. The Morgan fingerprint density at radius 1 is 1.46 bits per heavy atom. The average Bonchev–Trinajstić information content (AvgIpc) is 2.59. The zero-order chi connectivity index (χ0) is 19.3. The molecule has 1 N–H and O–H groups in total. The summed E-state index contributed by atoms with van der Waals surface area (Å²) in [5, 5.41) is 22.4. The number of halogens is 2. The van der Waals surface area contributed by atoms with Gasteiger partial charge >= 0.3 is 0 Å². The van der Waals surface area contributed by atoms with Crippen LogP contribution in [0.2, 0.25) is 0 Å². The van der Waals surface area contributed by atoms with Crippen molar-refractivity contribution in [3.05, 3.63) is 57.3 Å². The van der Waals surface area contributed by atoms with Gasteiger partial charge in [0.25, 0.3) is 12.1 Å². The largest absolute Gasteiger partial charge is 0.325 e. The highest BCUT2D eigenvalue weighted by Gasteiger charge is 2.17. The van der Waals surface area contributed by atoms with Gasteiger partial charge in [-0.3, -0.25) is 14.9 Å². The van der Waals surface area contributed by atoms with Gasteiger partial charge in [0.05, 0.1) is 16.2 Å². The number of hydrogen-bond donors (Lipinski definition) is 1. The molecule has 0 fully saturated rings. The Bertz CT molecular complexity index is 900. The second-order valence-corrected chi connectivity index (χ2v) is 6.07. The van der Waals surface area contributed by atoms with Gasteiger partial charge in [-0.05, 0) is 24.6 Å². The Labute approximate surface area is 151 Å². The van der Waals surface area contributed by atoms with Crippen molar-refractivity contribution in [2.75, 3.05) is 11.1 Å². The third kappa shape index (κ3) is 4.73. The lowest BCUT2D eigenvalue weighted by Crippen LogP contribution is -2.14. The summed E-state index contributed by atoms with van der Waals surface area (Å²) in [4.78, 5) is 25.9. The summed E-state index contributed by atoms with van der Waals surface area (Å²) in [6.45, 7) is 1.51. The van der Waals surface area contributed by atoms with Crippen LogP contribution in [0.5, 0.6) is 0 Å². The molecule has 0 aliphatic rings. The minimum absolute atomic E-state index is 0.0389. The summed E-state index contributed by atoms with van der Waals surface area (Å²) in [6.07, 6.45) is -2.79. The lowest BCUT2D eigenvalue weighted by Gasteiger charge is -2.09. The van der Waals surface area contributed by atoms with Crippen molar-refractivity contribution in [1.82, 2.24) is 4.98 Å². The normalized spacial score (nSPS) is 10.4. The third-order valence-electron chi connectivity index (χ3n) is 3.22. The number of nitro benzene ring substituents is 1. The first-order valence-electron chi connectivity index (χ1n) is 7.18. The maximum Gasteiger partial charge on any atom is 0.280 e. The molecule has 0 unspecified atom stereocenters. The van der Waals surface area contributed by atoms with Crippen LogP contribution in [-0.4, -0.2) is 21.6 Å². The summed E-state index contributed by atoms with van der Waals surface area (Å²) in [5.41, 5.74) is 0.0601. The van der Waals surface area contributed by atoms with Crippen LogP contribution in [0.4, 0.5) is 20.2 Å². The van der Waals surface area contributed by atoms with E-state index in [0.29, 0.717) is 5.56 Å². The van der Waals surface area contributed by atoms with E-state index in [9.17, 15) is 23.7 Å². The summed E-state index contributed by atoms with van der Waals surface area (Å²) in [6, 6.07) is 8.41. The average molecular weight is 378 g/mol. The van der Waals surface area contributed by atoms with E-state index < -0.39 is 22.9 Å². The van der Waals surface area contributed by atoms with Gasteiger partial charge in [-0.25, -0.2) is 13.8 Å². The monoisotopic (exact) mass is 378 g/mol. The van der Waals surface area contributed by atoms with Crippen LogP contribution >= 0.6 is 11.8 Å². The first-order chi connectivity index (χ1) is 12.3. The number of nitrogens with one attached hydrogen (secondary N) is 1. The van der Waals surface area contributed by atoms with E-state index in [4.69, 9.17) is 5.26 Å². The Morgan fingerprint density at radius 2 is 2.19 bits per heavy atom. The highest BCUT2D eigenvalue weighted by Crippen LogP contribution is 2.27. The van der Waals surface area contributed by atoms with Crippen molar-refractivity contribution in [3.8, 4) is 6.07 Å². The van der Waals surface area contributed by atoms with Gasteiger partial charge < -0.3 is 5.32 Å². The molecule has 7 nitrogen and oxygen atoms in total. The number of anilines is 1. The molecule has 0 saturated carbocycles. The first-order valence-corrected chi connectivity index (χ1v) is 8.17. The highest BCUT2D eigenvalue weighted by molar-refractivity contribution is 8.00. The molecule has 1 aromatic heterocycles. The molecular formula is C16H12F2N4O3S. The van der Waals surface area contributed by atoms with Gasteiger partial charge in [0, 0.05) is 17.8 Å². The number of nitro groups is 1. The topological polar surface area (TPSA) is 109 Å². The third-order valence-corrected chi connectivity index (χ3v) is 4.19. The van der Waals surface area contributed by atoms with E-state index in [2.05, 4.69) is 10.3 Å².